The Bertz CT molecular complexity index is 1840. The highest BCUT2D eigenvalue weighted by atomic mass is 16.4. The predicted octanol–water partition coefficient (Wildman–Crippen LogP) is -0.140. The molecule has 0 saturated heterocycles. The summed E-state index contributed by atoms with van der Waals surface area (Å²) in [6, 6.07) is 6.72. The molecule has 0 bridgehead atoms. The number of aromatic hydroxyl groups is 1. The average molecular weight is 705 g/mol. The number of hydrogen-bond acceptors (Lipinski definition) is 9. The van der Waals surface area contributed by atoms with Crippen molar-refractivity contribution in [3.63, 3.8) is 0 Å². The number of aliphatic carboxylic acids is 2. The van der Waals surface area contributed by atoms with E-state index >= 15 is 0 Å². The fourth-order valence-electron chi connectivity index (χ4n) is 5.26. The van der Waals surface area contributed by atoms with Gasteiger partial charge in [0.05, 0.1) is 12.4 Å². The predicted molar refractivity (Wildman–Crippen MR) is 182 cm³/mol. The fraction of sp³-hybridized carbons (Fsp3) is 0.324. The minimum atomic E-state index is -1.35. The van der Waals surface area contributed by atoms with Crippen LogP contribution >= 0.6 is 0 Å². The zero-order valence-corrected chi connectivity index (χ0v) is 27.6. The van der Waals surface area contributed by atoms with E-state index in [2.05, 4.69) is 36.2 Å². The Labute approximate surface area is 291 Å². The SMILES string of the molecule is C[C@H](NC(=O)[C@H](Cc1cnc[nH]1)NC(=O)[C@H](Cc1c[nH]c2ccccc12)NC(=O)[C@@H](N)CCC(=O)O)C(=O)N[C@@H](Cc1ccc(O)cc1)C(=O)O. The van der Waals surface area contributed by atoms with Crippen molar-refractivity contribution < 1.29 is 44.1 Å². The Balaban J connectivity index is 1.50. The van der Waals surface area contributed by atoms with Gasteiger partial charge in [-0.1, -0.05) is 30.3 Å². The molecule has 0 fully saturated rings. The Morgan fingerprint density at radius 1 is 0.784 bits per heavy atom. The van der Waals surface area contributed by atoms with Crippen LogP contribution in [-0.4, -0.2) is 96.0 Å². The molecule has 5 atom stereocenters. The second kappa shape index (κ2) is 17.4. The van der Waals surface area contributed by atoms with Crippen LogP contribution in [0.25, 0.3) is 10.9 Å². The molecule has 2 aromatic carbocycles. The molecule has 0 aliphatic heterocycles. The fourth-order valence-corrected chi connectivity index (χ4v) is 5.26. The smallest absolute Gasteiger partial charge is 0.326 e. The number of H-pyrrole nitrogens is 2. The highest BCUT2D eigenvalue weighted by molar-refractivity contribution is 5.96. The number of carboxylic acids is 2. The van der Waals surface area contributed by atoms with E-state index in [0.717, 1.165) is 10.9 Å². The van der Waals surface area contributed by atoms with Crippen LogP contribution in [-0.2, 0) is 48.0 Å². The van der Waals surface area contributed by atoms with Crippen molar-refractivity contribution in [2.45, 2.75) is 69.2 Å². The normalized spacial score (nSPS) is 14.0. The summed E-state index contributed by atoms with van der Waals surface area (Å²) < 4.78 is 0. The van der Waals surface area contributed by atoms with Crippen LogP contribution in [0.2, 0.25) is 0 Å². The number of phenols is 1. The van der Waals surface area contributed by atoms with Crippen LogP contribution in [0.3, 0.4) is 0 Å². The number of carbonyl (C=O) groups excluding carboxylic acids is 4. The van der Waals surface area contributed by atoms with Crippen LogP contribution < -0.4 is 27.0 Å². The number of hydrogen-bond donors (Lipinski definition) is 10. The van der Waals surface area contributed by atoms with Gasteiger partial charge in [-0.3, -0.25) is 24.0 Å². The Hall–Kier alpha value is -6.23. The van der Waals surface area contributed by atoms with E-state index < -0.39 is 65.8 Å². The molecule has 4 amide bonds. The number of phenolic OH excluding ortho intramolecular Hbond substituents is 1. The molecule has 0 aliphatic carbocycles. The van der Waals surface area contributed by atoms with Gasteiger partial charge in [-0.15, -0.1) is 0 Å². The number of carbonyl (C=O) groups is 6. The van der Waals surface area contributed by atoms with Crippen molar-refractivity contribution in [1.29, 1.82) is 0 Å². The summed E-state index contributed by atoms with van der Waals surface area (Å²) in [5.41, 5.74) is 8.38. The number of rotatable bonds is 18. The molecular formula is C34H40N8O9. The monoisotopic (exact) mass is 704 g/mol. The summed E-state index contributed by atoms with van der Waals surface area (Å²) in [5.74, 6) is -5.59. The molecular weight excluding hydrogens is 664 g/mol. The number of nitrogens with one attached hydrogen (secondary N) is 6. The first-order valence-electron chi connectivity index (χ1n) is 16.0. The van der Waals surface area contributed by atoms with Crippen molar-refractivity contribution >= 4 is 46.5 Å². The lowest BCUT2D eigenvalue weighted by atomic mass is 10.0. The van der Waals surface area contributed by atoms with Gasteiger partial charge >= 0.3 is 11.9 Å². The Kier molecular flexibility index (Phi) is 12.8. The lowest BCUT2D eigenvalue weighted by Crippen LogP contribution is -2.59. The highest BCUT2D eigenvalue weighted by Crippen LogP contribution is 2.19. The quantitative estimate of drug-likeness (QED) is 0.0651. The van der Waals surface area contributed by atoms with Gasteiger partial charge in [-0.05, 0) is 42.7 Å². The van der Waals surface area contributed by atoms with E-state index in [1.54, 1.807) is 6.20 Å². The number of nitrogens with zero attached hydrogens (tertiary/aromatic N) is 1. The van der Waals surface area contributed by atoms with Gasteiger partial charge in [-0.25, -0.2) is 9.78 Å². The van der Waals surface area contributed by atoms with Gasteiger partial charge in [0, 0.05) is 54.7 Å². The second-order valence-corrected chi connectivity index (χ2v) is 12.0. The molecule has 2 heterocycles. The highest BCUT2D eigenvalue weighted by Gasteiger charge is 2.31. The number of imidazole rings is 1. The number of benzene rings is 2. The van der Waals surface area contributed by atoms with E-state index in [9.17, 15) is 39.0 Å². The van der Waals surface area contributed by atoms with E-state index in [1.807, 2.05) is 24.3 Å². The van der Waals surface area contributed by atoms with Crippen molar-refractivity contribution in [1.82, 2.24) is 36.2 Å². The summed E-state index contributed by atoms with van der Waals surface area (Å²) >= 11 is 0. The number of nitrogens with two attached hydrogens (primary N) is 1. The van der Waals surface area contributed by atoms with Crippen molar-refractivity contribution in [2.24, 2.45) is 5.73 Å². The molecule has 0 saturated carbocycles. The number of aromatic nitrogens is 3. The molecule has 17 nitrogen and oxygen atoms in total. The van der Waals surface area contributed by atoms with Gasteiger partial charge in [0.25, 0.3) is 0 Å². The van der Waals surface area contributed by atoms with Crippen molar-refractivity contribution in [3.8, 4) is 5.75 Å². The van der Waals surface area contributed by atoms with Gasteiger partial charge in [0.2, 0.25) is 23.6 Å². The summed E-state index contributed by atoms with van der Waals surface area (Å²) in [6.45, 7) is 1.35. The molecule has 0 radical (unpaired) electrons. The van der Waals surface area contributed by atoms with Crippen LogP contribution in [0, 0.1) is 0 Å². The third-order valence-corrected chi connectivity index (χ3v) is 8.09. The van der Waals surface area contributed by atoms with Crippen molar-refractivity contribution in [3.05, 3.63) is 84.1 Å². The van der Waals surface area contributed by atoms with Gasteiger partial charge in [0.1, 0.15) is 29.9 Å². The van der Waals surface area contributed by atoms with E-state index in [-0.39, 0.29) is 37.9 Å². The maximum absolute atomic E-state index is 13.9. The van der Waals surface area contributed by atoms with Crippen molar-refractivity contribution in [2.75, 3.05) is 0 Å². The standard InChI is InChI=1S/C34H40N8O9/c1-18(30(46)42-28(34(50)51)12-19-6-8-22(43)9-7-19)39-32(48)27(14-21-16-36-17-38-21)41-33(49)26(40-31(47)24(35)10-11-29(44)45)13-20-15-37-25-5-3-2-4-23(20)25/h2-9,15-18,24,26-28,37,43H,10-14,35H2,1H3,(H,36,38)(H,39,48)(H,40,47)(H,41,49)(H,42,46)(H,44,45)(H,50,51)/t18-,24-,26-,27-,28-/m0/s1. The third-order valence-electron chi connectivity index (χ3n) is 8.09. The van der Waals surface area contributed by atoms with Crippen LogP contribution in [0.15, 0.2) is 67.3 Å². The zero-order chi connectivity index (χ0) is 37.1. The first kappa shape index (κ1) is 37.6. The Morgan fingerprint density at radius 3 is 2.10 bits per heavy atom. The minimum absolute atomic E-state index is 0.00579. The maximum atomic E-state index is 13.9. The number of aromatic amines is 2. The second-order valence-electron chi connectivity index (χ2n) is 12.0. The van der Waals surface area contributed by atoms with E-state index in [4.69, 9.17) is 10.8 Å². The summed E-state index contributed by atoms with van der Waals surface area (Å²) in [7, 11) is 0. The maximum Gasteiger partial charge on any atom is 0.326 e. The molecule has 51 heavy (non-hydrogen) atoms. The lowest BCUT2D eigenvalue weighted by Gasteiger charge is -2.25. The molecule has 4 rings (SSSR count). The summed E-state index contributed by atoms with van der Waals surface area (Å²) in [6.07, 6.45) is 3.74. The van der Waals surface area contributed by atoms with E-state index in [0.29, 0.717) is 16.8 Å². The first-order chi connectivity index (χ1) is 24.3. The largest absolute Gasteiger partial charge is 0.508 e. The molecule has 11 N–H and O–H groups in total. The van der Waals surface area contributed by atoms with E-state index in [1.165, 1.54) is 43.7 Å². The summed E-state index contributed by atoms with van der Waals surface area (Å²) in [4.78, 5) is 86.4. The molecule has 0 aliphatic rings. The third kappa shape index (κ3) is 10.9. The topological polar surface area (TPSA) is 282 Å². The lowest BCUT2D eigenvalue weighted by molar-refractivity contribution is -0.142. The molecule has 270 valence electrons. The molecule has 4 aromatic rings. The van der Waals surface area contributed by atoms with Crippen LogP contribution in [0.1, 0.15) is 36.6 Å². The minimum Gasteiger partial charge on any atom is -0.508 e. The Morgan fingerprint density at radius 2 is 1.43 bits per heavy atom. The number of fused-ring (bicyclic) bond motifs is 1. The van der Waals surface area contributed by atoms with Gasteiger partial charge in [-0.2, -0.15) is 0 Å². The first-order valence-corrected chi connectivity index (χ1v) is 16.0. The van der Waals surface area contributed by atoms with Crippen LogP contribution in [0.4, 0.5) is 0 Å². The van der Waals surface area contributed by atoms with Gasteiger partial charge in [0.15, 0.2) is 0 Å². The average Bonchev–Trinajstić information content (AvgIpc) is 3.77. The van der Waals surface area contributed by atoms with Crippen LogP contribution in [0.5, 0.6) is 5.75 Å². The number of para-hydroxylation sites is 1. The molecule has 2 aromatic heterocycles. The molecule has 0 spiro atoms. The summed E-state index contributed by atoms with van der Waals surface area (Å²) in [5, 5.41) is 39.2. The van der Waals surface area contributed by atoms with Gasteiger partial charge < -0.3 is 52.3 Å². The number of amides is 4. The molecule has 0 unspecified atom stereocenters. The molecule has 17 heteroatoms. The zero-order valence-electron chi connectivity index (χ0n) is 27.6. The number of carboxylic acid groups (broad SMARTS) is 2.